The Labute approximate surface area is 226 Å². The van der Waals surface area contributed by atoms with Gasteiger partial charge in [-0.25, -0.2) is 4.79 Å². The smallest absolute Gasteiger partial charge is 0.475 e. The van der Waals surface area contributed by atoms with E-state index in [1.54, 1.807) is 6.07 Å². The van der Waals surface area contributed by atoms with E-state index in [2.05, 4.69) is 5.32 Å². The van der Waals surface area contributed by atoms with Crippen molar-refractivity contribution in [1.82, 2.24) is 5.32 Å². The minimum atomic E-state index is -5.08. The maximum atomic E-state index is 13.5. The molecule has 0 radical (unpaired) electrons. The van der Waals surface area contributed by atoms with Gasteiger partial charge in [0.1, 0.15) is 0 Å². The maximum Gasteiger partial charge on any atom is 0.490 e. The third-order valence-electron chi connectivity index (χ3n) is 6.39. The van der Waals surface area contributed by atoms with Gasteiger partial charge in [0.25, 0.3) is 0 Å². The summed E-state index contributed by atoms with van der Waals surface area (Å²) in [5.41, 5.74) is 2.28. The van der Waals surface area contributed by atoms with E-state index >= 15 is 0 Å². The third kappa shape index (κ3) is 7.75. The van der Waals surface area contributed by atoms with Crippen molar-refractivity contribution >= 4 is 23.3 Å². The van der Waals surface area contributed by atoms with Gasteiger partial charge in [0, 0.05) is 12.0 Å². The number of aliphatic carboxylic acids is 1. The van der Waals surface area contributed by atoms with E-state index in [0.717, 1.165) is 11.3 Å². The minimum Gasteiger partial charge on any atom is -0.475 e. The van der Waals surface area contributed by atoms with Crippen LogP contribution in [0.15, 0.2) is 42.5 Å². The first-order valence-corrected chi connectivity index (χ1v) is 11.8. The molecule has 2 aromatic rings. The Balaban J connectivity index is 0.000000587. The molecule has 7 nitrogen and oxygen atoms in total. The number of nitrogens with one attached hydrogen (secondary N) is 1. The van der Waals surface area contributed by atoms with Crippen molar-refractivity contribution in [2.24, 2.45) is 5.73 Å². The Bertz CT molecular complexity index is 1290. The highest BCUT2D eigenvalue weighted by Gasteiger charge is 2.42. The number of nitrogens with two attached hydrogens (primary N) is 1. The van der Waals surface area contributed by atoms with E-state index in [4.69, 9.17) is 15.6 Å². The molecule has 16 heteroatoms. The van der Waals surface area contributed by atoms with Crippen molar-refractivity contribution in [1.29, 1.82) is 0 Å². The normalized spacial score (nSPS) is 19.0. The van der Waals surface area contributed by atoms with E-state index in [9.17, 15) is 49.1 Å². The first-order valence-electron chi connectivity index (χ1n) is 11.8. The zero-order valence-electron chi connectivity index (χ0n) is 20.8. The molecule has 0 spiro atoms. The zero-order valence-corrected chi connectivity index (χ0v) is 20.8. The Kier molecular flexibility index (Phi) is 8.79. The number of rotatable bonds is 4. The van der Waals surface area contributed by atoms with Gasteiger partial charge >= 0.3 is 24.5 Å². The van der Waals surface area contributed by atoms with E-state index in [-0.39, 0.29) is 35.1 Å². The van der Waals surface area contributed by atoms with Gasteiger partial charge in [-0.1, -0.05) is 12.1 Å². The second-order valence-corrected chi connectivity index (χ2v) is 9.49. The number of anilines is 1. The second-order valence-electron chi connectivity index (χ2n) is 9.49. The SMILES string of the molecule is NC1(N[C@@H]2CC(=O)c3ccccc3N(Cc3cc(C(F)(F)F)cc(C(F)(F)F)c3)C2=O)CCC1.O=C(O)C(F)(F)F. The number of carboxylic acids is 1. The predicted octanol–water partition coefficient (Wildman–Crippen LogP) is 5.27. The lowest BCUT2D eigenvalue weighted by molar-refractivity contribution is -0.192. The van der Waals surface area contributed by atoms with Crippen LogP contribution in [0.4, 0.5) is 45.2 Å². The van der Waals surface area contributed by atoms with Gasteiger partial charge in [-0.15, -0.1) is 0 Å². The number of benzene rings is 2. The monoisotopic (exact) mass is 599 g/mol. The fourth-order valence-corrected chi connectivity index (χ4v) is 4.25. The largest absolute Gasteiger partial charge is 0.490 e. The minimum absolute atomic E-state index is 0.0321. The highest BCUT2D eigenvalue weighted by molar-refractivity contribution is 6.12. The summed E-state index contributed by atoms with van der Waals surface area (Å²) in [5.74, 6) is -3.79. The molecule has 0 unspecified atom stereocenters. The molecule has 4 rings (SSSR count). The van der Waals surface area contributed by atoms with Crippen molar-refractivity contribution in [2.75, 3.05) is 4.90 Å². The number of ketones is 1. The van der Waals surface area contributed by atoms with Crippen molar-refractivity contribution in [3.8, 4) is 0 Å². The Morgan fingerprint density at radius 1 is 0.951 bits per heavy atom. The lowest BCUT2D eigenvalue weighted by atomic mass is 9.84. The van der Waals surface area contributed by atoms with Crippen molar-refractivity contribution in [3.63, 3.8) is 0 Å². The van der Waals surface area contributed by atoms with Crippen molar-refractivity contribution < 1.29 is 59.0 Å². The first kappa shape index (κ1) is 31.9. The average molecular weight is 599 g/mol. The van der Waals surface area contributed by atoms with Crippen LogP contribution in [0.2, 0.25) is 0 Å². The standard InChI is InChI=1S/C23H21F6N3O2.C2HF3O2/c24-22(25,26)14-8-13(9-15(10-14)23(27,28)29)12-32-18-5-2-1-4-16(18)19(33)11-17(20(32)34)31-21(30)6-3-7-21;3-2(4,5)1(6)7/h1-2,4-5,8-10,17,31H,3,6-7,11-12,30H2;(H,6,7)/t17-;/m1./s1. The van der Waals surface area contributed by atoms with E-state index < -0.39 is 59.8 Å². The van der Waals surface area contributed by atoms with Crippen molar-refractivity contribution in [2.45, 2.75) is 62.5 Å². The van der Waals surface area contributed by atoms with E-state index in [1.807, 2.05) is 0 Å². The Morgan fingerprint density at radius 3 is 1.90 bits per heavy atom. The number of alkyl halides is 9. The molecule has 0 bridgehead atoms. The molecule has 4 N–H and O–H groups in total. The topological polar surface area (TPSA) is 113 Å². The summed E-state index contributed by atoms with van der Waals surface area (Å²) in [5, 5.41) is 10.1. The summed E-state index contributed by atoms with van der Waals surface area (Å²) in [7, 11) is 0. The second kappa shape index (κ2) is 11.3. The number of carboxylic acid groups (broad SMARTS) is 1. The molecule has 1 fully saturated rings. The summed E-state index contributed by atoms with van der Waals surface area (Å²) < 4.78 is 112. The summed E-state index contributed by atoms with van der Waals surface area (Å²) in [6.45, 7) is -0.591. The lowest BCUT2D eigenvalue weighted by Crippen LogP contribution is -2.64. The zero-order chi connectivity index (χ0) is 31.0. The number of hydrogen-bond donors (Lipinski definition) is 3. The summed E-state index contributed by atoms with van der Waals surface area (Å²) >= 11 is 0. The van der Waals surface area contributed by atoms with Gasteiger partial charge in [0.2, 0.25) is 5.91 Å². The van der Waals surface area contributed by atoms with Crippen molar-refractivity contribution in [3.05, 3.63) is 64.7 Å². The molecule has 1 aliphatic carbocycles. The molecular formula is C25H22F9N3O4. The fourth-order valence-electron chi connectivity index (χ4n) is 4.25. The highest BCUT2D eigenvalue weighted by atomic mass is 19.4. The van der Waals surface area contributed by atoms with Crippen LogP contribution < -0.4 is 16.0 Å². The first-order chi connectivity index (χ1) is 18.7. The van der Waals surface area contributed by atoms with Gasteiger partial charge in [-0.2, -0.15) is 39.5 Å². The molecule has 1 saturated carbocycles. The van der Waals surface area contributed by atoms with E-state index in [1.165, 1.54) is 18.2 Å². The van der Waals surface area contributed by atoms with Gasteiger partial charge in [0.05, 0.1) is 35.1 Å². The summed E-state index contributed by atoms with van der Waals surface area (Å²) in [6.07, 6.45) is -13.4. The number of hydrogen-bond acceptors (Lipinski definition) is 5. The van der Waals surface area contributed by atoms with Crippen LogP contribution >= 0.6 is 0 Å². The van der Waals surface area contributed by atoms with E-state index in [0.29, 0.717) is 25.0 Å². The maximum absolute atomic E-state index is 13.5. The molecule has 2 aliphatic rings. The van der Waals surface area contributed by atoms with Crippen LogP contribution in [-0.4, -0.2) is 40.6 Å². The molecule has 1 heterocycles. The number of carbonyl (C=O) groups excluding carboxylic acids is 2. The van der Waals surface area contributed by atoms with Crippen LogP contribution in [0.1, 0.15) is 52.7 Å². The van der Waals surface area contributed by atoms with Crippen LogP contribution in [0.3, 0.4) is 0 Å². The number of amides is 1. The van der Waals surface area contributed by atoms with Crippen LogP contribution in [0.25, 0.3) is 0 Å². The predicted molar refractivity (Wildman–Crippen MR) is 124 cm³/mol. The molecule has 1 aliphatic heterocycles. The number of fused-ring (bicyclic) bond motifs is 1. The number of para-hydroxylation sites is 1. The number of nitrogens with zero attached hydrogens (tertiary/aromatic N) is 1. The van der Waals surface area contributed by atoms with Gasteiger partial charge in [0.15, 0.2) is 5.78 Å². The number of halogens is 9. The number of carbonyl (C=O) groups is 3. The van der Waals surface area contributed by atoms with Crippen LogP contribution in [-0.2, 0) is 28.5 Å². The Morgan fingerprint density at radius 2 is 1.46 bits per heavy atom. The summed E-state index contributed by atoms with van der Waals surface area (Å²) in [4.78, 5) is 36.3. The molecule has 2 aromatic carbocycles. The van der Waals surface area contributed by atoms with Gasteiger partial charge < -0.3 is 15.7 Å². The molecule has 1 atom stereocenters. The van der Waals surface area contributed by atoms with Crippen LogP contribution in [0, 0.1) is 0 Å². The molecule has 1 amide bonds. The lowest BCUT2D eigenvalue weighted by Gasteiger charge is -2.41. The quantitative estimate of drug-likeness (QED) is 0.326. The Hall–Kier alpha value is -3.66. The molecule has 0 saturated heterocycles. The summed E-state index contributed by atoms with van der Waals surface area (Å²) in [6, 6.07) is 6.12. The molecule has 0 aromatic heterocycles. The molecular weight excluding hydrogens is 577 g/mol. The molecule has 41 heavy (non-hydrogen) atoms. The van der Waals surface area contributed by atoms with Crippen LogP contribution in [0.5, 0.6) is 0 Å². The molecule has 224 valence electrons. The average Bonchev–Trinajstić information content (AvgIpc) is 2.92. The van der Waals surface area contributed by atoms with Gasteiger partial charge in [-0.05, 0) is 55.2 Å². The van der Waals surface area contributed by atoms with Gasteiger partial charge in [-0.3, -0.25) is 14.9 Å². The fraction of sp³-hybridized carbons (Fsp3) is 0.400. The number of Topliss-reactive ketones (excluding diaryl/α,β-unsaturated/α-hetero) is 1. The third-order valence-corrected chi connectivity index (χ3v) is 6.39. The highest BCUT2D eigenvalue weighted by Crippen LogP contribution is 2.38.